The van der Waals surface area contributed by atoms with Crippen molar-refractivity contribution in [1.29, 1.82) is 0 Å². The van der Waals surface area contributed by atoms with Gasteiger partial charge in [-0.15, -0.1) is 12.4 Å². The minimum Gasteiger partial charge on any atom is -0.378 e. The molecule has 2 aromatic rings. The number of likely N-dealkylation sites (tertiary alicyclic amines) is 1. The lowest BCUT2D eigenvalue weighted by molar-refractivity contribution is -0.00180. The van der Waals surface area contributed by atoms with Crippen LogP contribution < -0.4 is 0 Å². The quantitative estimate of drug-likeness (QED) is 0.700. The third-order valence-corrected chi connectivity index (χ3v) is 6.68. The van der Waals surface area contributed by atoms with Crippen molar-refractivity contribution < 1.29 is 4.74 Å². The van der Waals surface area contributed by atoms with Gasteiger partial charge >= 0.3 is 0 Å². The van der Waals surface area contributed by atoms with Crippen LogP contribution in [-0.4, -0.2) is 35.7 Å². The molecule has 2 aliphatic heterocycles. The van der Waals surface area contributed by atoms with Crippen LogP contribution in [0.2, 0.25) is 0 Å². The van der Waals surface area contributed by atoms with Crippen molar-refractivity contribution in [2.24, 2.45) is 5.41 Å². The zero-order valence-corrected chi connectivity index (χ0v) is 17.2. The molecular formula is C21H29ClN2OS. The predicted octanol–water partition coefficient (Wildman–Crippen LogP) is 4.88. The van der Waals surface area contributed by atoms with E-state index in [1.54, 1.807) is 0 Å². The van der Waals surface area contributed by atoms with Crippen LogP contribution in [0.4, 0.5) is 0 Å². The SMILES string of the molecule is Cc1ccc(CN2CC[C@@](CCc3ccsc3)(C3CCCO3)C2)cn1.Cl. The van der Waals surface area contributed by atoms with Crippen molar-refractivity contribution in [3.63, 3.8) is 0 Å². The molecule has 0 N–H and O–H groups in total. The Kier molecular flexibility index (Phi) is 6.73. The van der Waals surface area contributed by atoms with Gasteiger partial charge in [-0.05, 0) is 79.6 Å². The molecule has 2 saturated heterocycles. The molecule has 4 heterocycles. The molecule has 0 radical (unpaired) electrons. The minimum atomic E-state index is 0. The molecule has 1 unspecified atom stereocenters. The first-order valence-electron chi connectivity index (χ1n) is 9.50. The maximum atomic E-state index is 6.19. The molecule has 0 aliphatic carbocycles. The summed E-state index contributed by atoms with van der Waals surface area (Å²) in [5.41, 5.74) is 4.24. The molecule has 4 rings (SSSR count). The fraction of sp³-hybridized carbons (Fsp3) is 0.571. The summed E-state index contributed by atoms with van der Waals surface area (Å²) >= 11 is 1.81. The Morgan fingerprint density at radius 1 is 1.31 bits per heavy atom. The molecule has 0 spiro atoms. The second-order valence-electron chi connectivity index (χ2n) is 7.76. The van der Waals surface area contributed by atoms with E-state index in [1.807, 2.05) is 24.5 Å². The fourth-order valence-corrected chi connectivity index (χ4v) is 5.19. The lowest BCUT2D eigenvalue weighted by Crippen LogP contribution is -2.38. The standard InChI is InChI=1S/C21H28N2OS.ClH/c1-17-4-5-19(13-22-17)14-23-10-9-21(16-23,20-3-2-11-24-20)8-6-18-7-12-25-15-18;/h4-5,7,12-13,15,20H,2-3,6,8-11,14,16H2,1H3;1H/t20?,21-;/m1./s1. The van der Waals surface area contributed by atoms with Crippen molar-refractivity contribution in [1.82, 2.24) is 9.88 Å². The van der Waals surface area contributed by atoms with E-state index < -0.39 is 0 Å². The molecule has 2 aliphatic rings. The van der Waals surface area contributed by atoms with Gasteiger partial charge in [0.25, 0.3) is 0 Å². The third-order valence-electron chi connectivity index (χ3n) is 5.95. The molecule has 142 valence electrons. The fourth-order valence-electron chi connectivity index (χ4n) is 4.49. The highest BCUT2D eigenvalue weighted by Gasteiger charge is 2.45. The predicted molar refractivity (Wildman–Crippen MR) is 110 cm³/mol. The first kappa shape index (κ1) is 19.8. The lowest BCUT2D eigenvalue weighted by Gasteiger charge is -2.35. The average Bonchev–Trinajstić information content (AvgIpc) is 3.38. The smallest absolute Gasteiger partial charge is 0.0645 e. The van der Waals surface area contributed by atoms with E-state index >= 15 is 0 Å². The summed E-state index contributed by atoms with van der Waals surface area (Å²) in [6, 6.07) is 6.62. The van der Waals surface area contributed by atoms with Gasteiger partial charge in [0.1, 0.15) is 0 Å². The van der Waals surface area contributed by atoms with Gasteiger partial charge in [0.15, 0.2) is 0 Å². The third kappa shape index (κ3) is 4.48. The Morgan fingerprint density at radius 3 is 2.92 bits per heavy atom. The summed E-state index contributed by atoms with van der Waals surface area (Å²) in [5.74, 6) is 0. The zero-order chi connectivity index (χ0) is 17.1. The van der Waals surface area contributed by atoms with Gasteiger partial charge in [-0.25, -0.2) is 0 Å². The van der Waals surface area contributed by atoms with Gasteiger partial charge in [0.2, 0.25) is 0 Å². The van der Waals surface area contributed by atoms with Crippen LogP contribution in [-0.2, 0) is 17.7 Å². The molecular weight excluding hydrogens is 364 g/mol. The van der Waals surface area contributed by atoms with Crippen LogP contribution in [0.5, 0.6) is 0 Å². The van der Waals surface area contributed by atoms with Gasteiger partial charge in [0.05, 0.1) is 6.10 Å². The number of aromatic nitrogens is 1. The van der Waals surface area contributed by atoms with E-state index in [2.05, 4.69) is 38.8 Å². The summed E-state index contributed by atoms with van der Waals surface area (Å²) in [6.07, 6.45) is 8.65. The summed E-state index contributed by atoms with van der Waals surface area (Å²) < 4.78 is 6.19. The van der Waals surface area contributed by atoms with E-state index in [1.165, 1.54) is 49.8 Å². The number of hydrogen-bond acceptors (Lipinski definition) is 4. The summed E-state index contributed by atoms with van der Waals surface area (Å²) in [5, 5.41) is 4.49. The van der Waals surface area contributed by atoms with E-state index in [0.717, 1.165) is 25.4 Å². The second kappa shape index (κ2) is 8.83. The first-order valence-corrected chi connectivity index (χ1v) is 10.4. The van der Waals surface area contributed by atoms with Gasteiger partial charge in [0, 0.05) is 37.0 Å². The van der Waals surface area contributed by atoms with Crippen LogP contribution in [0, 0.1) is 12.3 Å². The van der Waals surface area contributed by atoms with E-state index in [-0.39, 0.29) is 12.4 Å². The summed E-state index contributed by atoms with van der Waals surface area (Å²) in [7, 11) is 0. The molecule has 26 heavy (non-hydrogen) atoms. The van der Waals surface area contributed by atoms with Crippen LogP contribution in [0.15, 0.2) is 35.2 Å². The van der Waals surface area contributed by atoms with Gasteiger partial charge < -0.3 is 4.74 Å². The van der Waals surface area contributed by atoms with Crippen LogP contribution in [0.25, 0.3) is 0 Å². The maximum absolute atomic E-state index is 6.19. The zero-order valence-electron chi connectivity index (χ0n) is 15.5. The highest BCUT2D eigenvalue weighted by atomic mass is 35.5. The van der Waals surface area contributed by atoms with Gasteiger partial charge in [-0.1, -0.05) is 6.07 Å². The largest absolute Gasteiger partial charge is 0.378 e. The van der Waals surface area contributed by atoms with Crippen molar-refractivity contribution in [3.05, 3.63) is 52.0 Å². The molecule has 0 aromatic carbocycles. The van der Waals surface area contributed by atoms with Crippen molar-refractivity contribution >= 4 is 23.7 Å². The summed E-state index contributed by atoms with van der Waals surface area (Å²) in [4.78, 5) is 7.07. The molecule has 2 atom stereocenters. The van der Waals surface area contributed by atoms with Crippen LogP contribution >= 0.6 is 23.7 Å². The van der Waals surface area contributed by atoms with E-state index in [9.17, 15) is 0 Å². The number of ether oxygens (including phenoxy) is 1. The van der Waals surface area contributed by atoms with E-state index in [0.29, 0.717) is 11.5 Å². The Morgan fingerprint density at radius 2 is 2.23 bits per heavy atom. The molecule has 5 heteroatoms. The van der Waals surface area contributed by atoms with Crippen molar-refractivity contribution in [2.75, 3.05) is 19.7 Å². The van der Waals surface area contributed by atoms with Gasteiger partial charge in [-0.2, -0.15) is 11.3 Å². The Hall–Kier alpha value is -0.940. The Bertz CT molecular complexity index is 670. The number of nitrogens with zero attached hydrogens (tertiary/aromatic N) is 2. The van der Waals surface area contributed by atoms with Crippen LogP contribution in [0.1, 0.15) is 42.5 Å². The number of halogens is 1. The monoisotopic (exact) mass is 392 g/mol. The first-order chi connectivity index (χ1) is 12.2. The number of aryl methyl sites for hydroxylation is 2. The highest BCUT2D eigenvalue weighted by molar-refractivity contribution is 7.07. The number of pyridine rings is 1. The minimum absolute atomic E-state index is 0. The molecule has 2 aromatic heterocycles. The van der Waals surface area contributed by atoms with Crippen molar-refractivity contribution in [2.45, 2.75) is 51.7 Å². The maximum Gasteiger partial charge on any atom is 0.0645 e. The molecule has 0 bridgehead atoms. The normalized spacial score (nSPS) is 26.1. The number of rotatable bonds is 6. The second-order valence-corrected chi connectivity index (χ2v) is 8.54. The lowest BCUT2D eigenvalue weighted by atomic mass is 9.75. The van der Waals surface area contributed by atoms with Gasteiger partial charge in [-0.3, -0.25) is 9.88 Å². The molecule has 0 saturated carbocycles. The highest BCUT2D eigenvalue weighted by Crippen LogP contribution is 2.44. The summed E-state index contributed by atoms with van der Waals surface area (Å²) in [6.45, 7) is 6.35. The number of thiophene rings is 1. The molecule has 2 fully saturated rings. The topological polar surface area (TPSA) is 25.4 Å². The molecule has 3 nitrogen and oxygen atoms in total. The van der Waals surface area contributed by atoms with E-state index in [4.69, 9.17) is 4.74 Å². The Labute approximate surface area is 167 Å². The van der Waals surface area contributed by atoms with Crippen LogP contribution in [0.3, 0.4) is 0 Å². The molecule has 0 amide bonds. The average molecular weight is 393 g/mol. The number of hydrogen-bond donors (Lipinski definition) is 0. The van der Waals surface area contributed by atoms with Crippen molar-refractivity contribution in [3.8, 4) is 0 Å². The Balaban J connectivity index is 0.00000196.